The van der Waals surface area contributed by atoms with Crippen LogP contribution in [0.1, 0.15) is 11.0 Å². The van der Waals surface area contributed by atoms with Crippen LogP contribution in [0.15, 0.2) is 206 Å². The van der Waals surface area contributed by atoms with Gasteiger partial charge in [0.15, 0.2) is 0 Å². The number of para-hydroxylation sites is 3. The molecule has 51 heavy (non-hydrogen) atoms. The Balaban J connectivity index is 1.27. The number of benzene rings is 8. The fraction of sp³-hybridized carbons (Fsp3) is 0. The molecule has 2 heterocycles. The average Bonchev–Trinajstić information content (AvgIpc) is 3.82. The summed E-state index contributed by atoms with van der Waals surface area (Å²) in [6, 6.07) is 52.3. The van der Waals surface area contributed by atoms with Gasteiger partial charge in [-0.15, -0.1) is 0 Å². The average molecular weight is 719 g/mol. The zero-order chi connectivity index (χ0) is 40.7. The third-order valence-electron chi connectivity index (χ3n) is 10.1. The van der Waals surface area contributed by atoms with Gasteiger partial charge in [-0.05, 0) is 0 Å². The van der Waals surface area contributed by atoms with Gasteiger partial charge in [-0.2, -0.15) is 0 Å². The van der Waals surface area contributed by atoms with Crippen molar-refractivity contribution in [3.63, 3.8) is 0 Å². The molecule has 0 bridgehead atoms. The molecular formula is C48H34GeN2. The molecule has 240 valence electrons. The van der Waals surface area contributed by atoms with Crippen LogP contribution in [0, 0.1) is 0 Å². The second kappa shape index (κ2) is 12.0. The molecule has 10 aromatic rings. The first-order valence-corrected chi connectivity index (χ1v) is 21.2. The molecule has 0 spiro atoms. The Kier molecular flexibility index (Phi) is 5.34. The Morgan fingerprint density at radius 2 is 0.804 bits per heavy atom. The van der Waals surface area contributed by atoms with Crippen molar-refractivity contribution in [3.8, 4) is 11.4 Å². The van der Waals surface area contributed by atoms with Crippen molar-refractivity contribution < 1.29 is 11.0 Å². The van der Waals surface area contributed by atoms with Crippen LogP contribution in [0.25, 0.3) is 55.0 Å². The summed E-state index contributed by atoms with van der Waals surface area (Å²) in [6.07, 6.45) is 0. The predicted octanol–water partition coefficient (Wildman–Crippen LogP) is 9.26. The summed E-state index contributed by atoms with van der Waals surface area (Å²) in [5.41, 5.74) is 3.57. The van der Waals surface area contributed by atoms with Crippen LogP contribution in [-0.4, -0.2) is 22.4 Å². The first-order chi connectivity index (χ1) is 28.6. The summed E-state index contributed by atoms with van der Waals surface area (Å²) < 4.78 is 79.0. The Bertz CT molecular complexity index is 3140. The van der Waals surface area contributed by atoms with Gasteiger partial charge >= 0.3 is 292 Å². The van der Waals surface area contributed by atoms with Gasteiger partial charge in [0, 0.05) is 0 Å². The van der Waals surface area contributed by atoms with E-state index in [4.69, 9.17) is 11.0 Å². The molecule has 0 saturated carbocycles. The number of nitrogens with zero attached hydrogens (tertiary/aromatic N) is 2. The van der Waals surface area contributed by atoms with Gasteiger partial charge in [-0.1, -0.05) is 12.1 Å². The van der Waals surface area contributed by atoms with Crippen molar-refractivity contribution in [2.24, 2.45) is 0 Å². The van der Waals surface area contributed by atoms with Crippen molar-refractivity contribution >= 4 is 74.5 Å². The van der Waals surface area contributed by atoms with Gasteiger partial charge < -0.3 is 0 Å². The summed E-state index contributed by atoms with van der Waals surface area (Å²) in [5.74, 6) is 0. The molecule has 0 aliphatic rings. The van der Waals surface area contributed by atoms with Gasteiger partial charge in [-0.3, -0.25) is 0 Å². The minimum absolute atomic E-state index is 0.0571. The topological polar surface area (TPSA) is 9.86 Å². The second-order valence-corrected chi connectivity index (χ2v) is 20.7. The Labute approximate surface area is 311 Å². The quantitative estimate of drug-likeness (QED) is 0.152. The summed E-state index contributed by atoms with van der Waals surface area (Å²) in [5, 5.41) is 1.95. The van der Waals surface area contributed by atoms with Crippen LogP contribution in [0.5, 0.6) is 0 Å². The third kappa shape index (κ3) is 4.57. The van der Waals surface area contributed by atoms with Gasteiger partial charge in [-0.25, -0.2) is 0 Å². The van der Waals surface area contributed by atoms with Crippen molar-refractivity contribution in [1.82, 2.24) is 9.13 Å². The monoisotopic (exact) mass is 720 g/mol. The molecule has 8 aromatic carbocycles. The Hall–Kier alpha value is -6.10. The number of fused-ring (bicyclic) bond motifs is 6. The van der Waals surface area contributed by atoms with E-state index < -0.39 is 37.4 Å². The molecule has 0 unspecified atom stereocenters. The molecule has 0 radical (unpaired) electrons. The molecule has 0 N–H and O–H groups in total. The standard InChI is InChI=1S/C48H34GeN2/c1-4-17-35(18-5-1)49(36-19-6-2-7-20-36,37-21-8-3-9-22-37)38-23-16-24-39(33-38)50-47-30-15-12-27-43(47)44-34-40(31-32-48(44)50)51-45-28-13-10-25-41(45)42-26-11-14-29-46(42)51/h1-34H/i10D,11D,13D,14D,25D,26D,28D,29D. The van der Waals surface area contributed by atoms with E-state index in [1.54, 1.807) is 4.57 Å². The molecular weight excluding hydrogens is 677 g/mol. The normalized spacial score (nSPS) is 14.1. The van der Waals surface area contributed by atoms with E-state index in [9.17, 15) is 0 Å². The summed E-state index contributed by atoms with van der Waals surface area (Å²) >= 11 is -3.62. The first kappa shape index (κ1) is 22.6. The zero-order valence-electron chi connectivity index (χ0n) is 35.4. The third-order valence-corrected chi connectivity index (χ3v) is 20.1. The van der Waals surface area contributed by atoms with Crippen molar-refractivity contribution in [1.29, 1.82) is 0 Å². The van der Waals surface area contributed by atoms with E-state index in [0.29, 0.717) is 5.69 Å². The number of rotatable bonds is 6. The van der Waals surface area contributed by atoms with E-state index in [2.05, 4.69) is 132 Å². The van der Waals surface area contributed by atoms with Crippen molar-refractivity contribution in [2.45, 2.75) is 0 Å². The van der Waals surface area contributed by atoms with Gasteiger partial charge in [0.1, 0.15) is 0 Å². The van der Waals surface area contributed by atoms with Crippen molar-refractivity contribution in [2.75, 3.05) is 0 Å². The predicted molar refractivity (Wildman–Crippen MR) is 219 cm³/mol. The molecule has 0 amide bonds. The maximum absolute atomic E-state index is 9.04. The molecule has 2 aromatic heterocycles. The maximum atomic E-state index is 9.04. The fourth-order valence-corrected chi connectivity index (χ4v) is 18.0. The van der Waals surface area contributed by atoms with Crippen LogP contribution in [0.2, 0.25) is 0 Å². The van der Waals surface area contributed by atoms with Gasteiger partial charge in [0.05, 0.1) is 8.22 Å². The second-order valence-electron chi connectivity index (χ2n) is 12.7. The van der Waals surface area contributed by atoms with Crippen molar-refractivity contribution in [3.05, 3.63) is 206 Å². The van der Waals surface area contributed by atoms with E-state index in [-0.39, 0.29) is 46.0 Å². The van der Waals surface area contributed by atoms with Crippen LogP contribution < -0.4 is 17.6 Å². The molecule has 0 fully saturated rings. The summed E-state index contributed by atoms with van der Waals surface area (Å²) in [6.45, 7) is 0. The van der Waals surface area contributed by atoms with E-state index in [0.717, 1.165) is 27.5 Å². The molecule has 0 aliphatic carbocycles. The van der Waals surface area contributed by atoms with Crippen LogP contribution in [0.4, 0.5) is 0 Å². The van der Waals surface area contributed by atoms with Gasteiger partial charge in [0.2, 0.25) is 0 Å². The fourth-order valence-electron chi connectivity index (χ4n) is 8.00. The molecule has 0 atom stereocenters. The molecule has 0 saturated heterocycles. The van der Waals surface area contributed by atoms with E-state index in [1.807, 2.05) is 30.3 Å². The van der Waals surface area contributed by atoms with Crippen LogP contribution >= 0.6 is 0 Å². The SMILES string of the molecule is [2H]c1c([2H])c([2H])c2c(c1[2H])c1c([2H])c([2H])c([2H])c([2H])c1n2-c1ccc2c(c1)c1ccccc1n2-c1ccc[c]([Ge]([c]2ccccc2)([c]2ccccc2)[c]2ccccc2)c1. The minimum atomic E-state index is -3.62. The molecule has 10 rings (SSSR count). The molecule has 0 aliphatic heterocycles. The Morgan fingerprint density at radius 3 is 1.41 bits per heavy atom. The van der Waals surface area contributed by atoms with Crippen LogP contribution in [-0.2, 0) is 0 Å². The zero-order valence-corrected chi connectivity index (χ0v) is 29.5. The number of hydrogen-bond acceptors (Lipinski definition) is 0. The van der Waals surface area contributed by atoms with E-state index in [1.165, 1.54) is 17.6 Å². The summed E-state index contributed by atoms with van der Waals surface area (Å²) in [7, 11) is 0. The van der Waals surface area contributed by atoms with Gasteiger partial charge in [0.25, 0.3) is 0 Å². The van der Waals surface area contributed by atoms with E-state index >= 15 is 0 Å². The summed E-state index contributed by atoms with van der Waals surface area (Å²) in [4.78, 5) is 0. The molecule has 3 heteroatoms. The van der Waals surface area contributed by atoms with Crippen LogP contribution in [0.3, 0.4) is 0 Å². The number of aromatic nitrogens is 2. The Morgan fingerprint density at radius 1 is 0.333 bits per heavy atom. The number of hydrogen-bond donors (Lipinski definition) is 0. The molecule has 2 nitrogen and oxygen atoms in total. The first-order valence-electron chi connectivity index (χ1n) is 21.0.